The zero-order valence-corrected chi connectivity index (χ0v) is 17.4. The highest BCUT2D eigenvalue weighted by Crippen LogP contribution is 2.56. The molecule has 0 N–H and O–H groups in total. The van der Waals surface area contributed by atoms with Crippen LogP contribution in [-0.2, 0) is 19.1 Å². The summed E-state index contributed by atoms with van der Waals surface area (Å²) in [6.07, 6.45) is 0. The van der Waals surface area contributed by atoms with Gasteiger partial charge in [-0.2, -0.15) is 0 Å². The molecule has 0 aromatic rings. The molecule has 3 atom stereocenters. The molecule has 0 saturated heterocycles. The molecule has 0 amide bonds. The topological polar surface area (TPSA) is 55.8 Å². The summed E-state index contributed by atoms with van der Waals surface area (Å²) in [5, 5.41) is 0. The Kier molecular flexibility index (Phi) is 5.44. The molecule has 0 radical (unpaired) electrons. The van der Waals surface area contributed by atoms with Gasteiger partial charge in [-0.3, -0.25) is 14.5 Å². The molecule has 1 unspecified atom stereocenters. The zero-order valence-electron chi connectivity index (χ0n) is 17.4. The van der Waals surface area contributed by atoms with Gasteiger partial charge in [0.25, 0.3) is 0 Å². The molecule has 2 aliphatic rings. The Bertz CT molecular complexity index is 659. The highest BCUT2D eigenvalue weighted by atomic mass is 16.5. The lowest BCUT2D eigenvalue weighted by Crippen LogP contribution is -2.48. The maximum absolute atomic E-state index is 12.8. The summed E-state index contributed by atoms with van der Waals surface area (Å²) in [5.74, 6) is -2.19. The van der Waals surface area contributed by atoms with Crippen molar-refractivity contribution in [1.29, 1.82) is 0 Å². The van der Waals surface area contributed by atoms with Gasteiger partial charge in [0.15, 0.2) is 0 Å². The quantitative estimate of drug-likeness (QED) is 0.717. The number of carbonyl (C=O) groups is 2. The van der Waals surface area contributed by atoms with Crippen molar-refractivity contribution in [2.45, 2.75) is 59.5 Å². The molecule has 1 heterocycles. The lowest BCUT2D eigenvalue weighted by atomic mass is 9.63. The van der Waals surface area contributed by atoms with E-state index < -0.39 is 17.8 Å². The lowest BCUT2D eigenvalue weighted by Gasteiger charge is -2.40. The first-order chi connectivity index (χ1) is 11.9. The second kappa shape index (κ2) is 6.84. The normalized spacial score (nSPS) is 30.2. The SMILES string of the molecule is C=C1C2=C(C(C)[C@@H](C(=O)OCC)[C@H]1C(=O)OCC)C(C)(C)N(C)C2(C)C. The van der Waals surface area contributed by atoms with Crippen molar-refractivity contribution in [3.8, 4) is 0 Å². The number of carbonyl (C=O) groups excluding carboxylic acids is 2. The average Bonchev–Trinajstić information content (AvgIpc) is 2.68. The van der Waals surface area contributed by atoms with Gasteiger partial charge in [0.2, 0.25) is 0 Å². The Morgan fingerprint density at radius 3 is 2.04 bits per heavy atom. The predicted molar refractivity (Wildman–Crippen MR) is 101 cm³/mol. The fraction of sp³-hybridized carbons (Fsp3) is 0.714. The van der Waals surface area contributed by atoms with Crippen LogP contribution < -0.4 is 0 Å². The van der Waals surface area contributed by atoms with E-state index in [0.717, 1.165) is 5.57 Å². The van der Waals surface area contributed by atoms with E-state index in [4.69, 9.17) is 9.47 Å². The predicted octanol–water partition coefficient (Wildman–Crippen LogP) is 3.35. The highest BCUT2D eigenvalue weighted by Gasteiger charge is 2.58. The molecule has 0 aromatic heterocycles. The minimum absolute atomic E-state index is 0.136. The van der Waals surface area contributed by atoms with Crippen molar-refractivity contribution in [3.05, 3.63) is 23.3 Å². The van der Waals surface area contributed by atoms with Crippen molar-refractivity contribution < 1.29 is 19.1 Å². The van der Waals surface area contributed by atoms with Crippen LogP contribution in [0.4, 0.5) is 0 Å². The van der Waals surface area contributed by atoms with Gasteiger partial charge < -0.3 is 9.47 Å². The Labute approximate surface area is 157 Å². The smallest absolute Gasteiger partial charge is 0.314 e. The summed E-state index contributed by atoms with van der Waals surface area (Å²) in [5.41, 5.74) is 2.42. The highest BCUT2D eigenvalue weighted by molar-refractivity contribution is 5.88. The van der Waals surface area contributed by atoms with Crippen LogP contribution in [0.3, 0.4) is 0 Å². The van der Waals surface area contributed by atoms with Crippen LogP contribution in [0, 0.1) is 17.8 Å². The van der Waals surface area contributed by atoms with Crippen LogP contribution in [0.25, 0.3) is 0 Å². The molecule has 0 spiro atoms. The molecule has 5 nitrogen and oxygen atoms in total. The molecule has 1 aliphatic heterocycles. The van der Waals surface area contributed by atoms with E-state index in [1.165, 1.54) is 5.57 Å². The largest absolute Gasteiger partial charge is 0.466 e. The minimum atomic E-state index is -0.704. The number of likely N-dealkylation sites (N-methyl/N-ethyl adjacent to an activating group) is 1. The van der Waals surface area contributed by atoms with Crippen LogP contribution in [0.15, 0.2) is 23.3 Å². The molecule has 0 bridgehead atoms. The molecular weight excluding hydrogens is 330 g/mol. The van der Waals surface area contributed by atoms with E-state index in [2.05, 4.69) is 46.2 Å². The molecule has 1 aliphatic carbocycles. The lowest BCUT2D eigenvalue weighted by molar-refractivity contribution is -0.160. The molecule has 2 rings (SSSR count). The first-order valence-corrected chi connectivity index (χ1v) is 9.45. The van der Waals surface area contributed by atoms with Crippen LogP contribution >= 0.6 is 0 Å². The van der Waals surface area contributed by atoms with Gasteiger partial charge in [-0.15, -0.1) is 0 Å². The van der Waals surface area contributed by atoms with Crippen LogP contribution in [0.1, 0.15) is 48.5 Å². The van der Waals surface area contributed by atoms with E-state index in [1.54, 1.807) is 13.8 Å². The summed E-state index contributed by atoms with van der Waals surface area (Å²) < 4.78 is 10.6. The van der Waals surface area contributed by atoms with Crippen molar-refractivity contribution >= 4 is 11.9 Å². The maximum atomic E-state index is 12.8. The molecular formula is C21H33NO4. The van der Waals surface area contributed by atoms with Gasteiger partial charge in [0.05, 0.1) is 25.0 Å². The number of hydrogen-bond acceptors (Lipinski definition) is 5. The standard InChI is InChI=1S/C21H33NO4/c1-10-25-18(23)14-12(3)16-17(13(4)15(14)19(24)26-11-2)21(7,8)22(9)20(16,5)6/h13-15H,3,10-11H2,1-2,4-9H3/t13?,14-,15+/m0/s1. The number of nitrogens with zero attached hydrogens (tertiary/aromatic N) is 1. The zero-order chi connectivity index (χ0) is 20.0. The van der Waals surface area contributed by atoms with Gasteiger partial charge in [0.1, 0.15) is 0 Å². The van der Waals surface area contributed by atoms with Gasteiger partial charge >= 0.3 is 11.9 Å². The fourth-order valence-electron chi connectivity index (χ4n) is 4.97. The Morgan fingerprint density at radius 1 is 1.04 bits per heavy atom. The van der Waals surface area contributed by atoms with E-state index in [0.29, 0.717) is 5.57 Å². The average molecular weight is 363 g/mol. The van der Waals surface area contributed by atoms with E-state index >= 15 is 0 Å². The first kappa shape index (κ1) is 20.7. The van der Waals surface area contributed by atoms with E-state index in [1.807, 2.05) is 6.92 Å². The van der Waals surface area contributed by atoms with Gasteiger partial charge in [-0.25, -0.2) is 0 Å². The van der Waals surface area contributed by atoms with Gasteiger partial charge in [0, 0.05) is 11.1 Å². The maximum Gasteiger partial charge on any atom is 0.314 e. The minimum Gasteiger partial charge on any atom is -0.466 e. The number of hydrogen-bond donors (Lipinski definition) is 0. The van der Waals surface area contributed by atoms with Gasteiger partial charge in [-0.05, 0) is 71.2 Å². The molecule has 5 heteroatoms. The van der Waals surface area contributed by atoms with E-state index in [-0.39, 0.29) is 36.2 Å². The van der Waals surface area contributed by atoms with Crippen molar-refractivity contribution in [2.75, 3.05) is 20.3 Å². The molecule has 0 fully saturated rings. The summed E-state index contributed by atoms with van der Waals surface area (Å²) in [7, 11) is 2.08. The number of ether oxygens (including phenoxy) is 2. The monoisotopic (exact) mass is 363 g/mol. The van der Waals surface area contributed by atoms with Crippen LogP contribution in [0.5, 0.6) is 0 Å². The number of rotatable bonds is 4. The summed E-state index contributed by atoms with van der Waals surface area (Å²) in [6, 6.07) is 0. The molecule has 26 heavy (non-hydrogen) atoms. The second-order valence-electron chi connectivity index (χ2n) is 8.29. The Morgan fingerprint density at radius 2 is 1.54 bits per heavy atom. The van der Waals surface area contributed by atoms with Crippen molar-refractivity contribution in [2.24, 2.45) is 17.8 Å². The second-order valence-corrected chi connectivity index (χ2v) is 8.29. The van der Waals surface area contributed by atoms with Crippen molar-refractivity contribution in [3.63, 3.8) is 0 Å². The molecule has 0 saturated carbocycles. The first-order valence-electron chi connectivity index (χ1n) is 9.45. The molecule has 0 aromatic carbocycles. The summed E-state index contributed by atoms with van der Waals surface area (Å²) in [6.45, 7) is 19.0. The van der Waals surface area contributed by atoms with Gasteiger partial charge in [-0.1, -0.05) is 13.5 Å². The summed E-state index contributed by atoms with van der Waals surface area (Å²) in [4.78, 5) is 27.9. The molecule has 146 valence electrons. The van der Waals surface area contributed by atoms with Crippen LogP contribution in [0.2, 0.25) is 0 Å². The van der Waals surface area contributed by atoms with Crippen molar-refractivity contribution in [1.82, 2.24) is 4.90 Å². The third-order valence-corrected chi connectivity index (χ3v) is 6.37. The fourth-order valence-corrected chi connectivity index (χ4v) is 4.97. The number of esters is 2. The Hall–Kier alpha value is -1.62. The van der Waals surface area contributed by atoms with E-state index in [9.17, 15) is 9.59 Å². The summed E-state index contributed by atoms with van der Waals surface area (Å²) >= 11 is 0. The third-order valence-electron chi connectivity index (χ3n) is 6.37. The third kappa shape index (κ3) is 2.81. The van der Waals surface area contributed by atoms with Crippen LogP contribution in [-0.4, -0.2) is 48.2 Å². The Balaban J connectivity index is 2.68.